The standard InChI is InChI=1S/C20H20N4O7S/c25-19(21-14-5-4-6-15(11-14)24(27)28)13-23-17-8-7-16(12-18(17)31-20(23)26)32(29,30)22-9-2-1-3-10-22/h4-8,11-12H,1-3,9-10,13H2,(H,21,25). The molecule has 1 N–H and O–H groups in total. The van der Waals surface area contributed by atoms with Crippen LogP contribution in [0.5, 0.6) is 0 Å². The van der Waals surface area contributed by atoms with Crippen molar-refractivity contribution in [3.05, 3.63) is 63.1 Å². The number of nitro groups is 1. The predicted molar refractivity (Wildman–Crippen MR) is 115 cm³/mol. The van der Waals surface area contributed by atoms with Crippen molar-refractivity contribution in [2.45, 2.75) is 30.7 Å². The van der Waals surface area contributed by atoms with Gasteiger partial charge in [0, 0.05) is 37.0 Å². The van der Waals surface area contributed by atoms with Gasteiger partial charge in [-0.05, 0) is 31.0 Å². The summed E-state index contributed by atoms with van der Waals surface area (Å²) < 4.78 is 33.4. The van der Waals surface area contributed by atoms with Crippen LogP contribution in [0, 0.1) is 10.1 Å². The van der Waals surface area contributed by atoms with Crippen molar-refractivity contribution in [2.24, 2.45) is 0 Å². The van der Waals surface area contributed by atoms with Crippen LogP contribution < -0.4 is 11.1 Å². The number of nitrogens with one attached hydrogen (secondary N) is 1. The molecule has 2 heterocycles. The summed E-state index contributed by atoms with van der Waals surface area (Å²) in [7, 11) is -3.70. The molecule has 11 nitrogen and oxygen atoms in total. The van der Waals surface area contributed by atoms with Crippen molar-refractivity contribution >= 4 is 38.4 Å². The maximum absolute atomic E-state index is 12.9. The fraction of sp³-hybridized carbons (Fsp3) is 0.300. The first-order valence-corrected chi connectivity index (χ1v) is 11.4. The second-order valence-corrected chi connectivity index (χ2v) is 9.34. The first kappa shape index (κ1) is 21.7. The van der Waals surface area contributed by atoms with E-state index in [4.69, 9.17) is 4.42 Å². The second kappa shape index (κ2) is 8.55. The largest absolute Gasteiger partial charge is 0.420 e. The molecule has 1 aliphatic heterocycles. The molecule has 0 saturated carbocycles. The number of benzene rings is 2. The first-order valence-electron chi connectivity index (χ1n) is 9.93. The van der Waals surface area contributed by atoms with E-state index in [0.29, 0.717) is 13.1 Å². The minimum Gasteiger partial charge on any atom is -0.408 e. The smallest absolute Gasteiger partial charge is 0.408 e. The van der Waals surface area contributed by atoms with Crippen LogP contribution in [0.3, 0.4) is 0 Å². The van der Waals surface area contributed by atoms with E-state index in [-0.39, 0.29) is 27.4 Å². The van der Waals surface area contributed by atoms with E-state index in [9.17, 15) is 28.1 Å². The van der Waals surface area contributed by atoms with Crippen LogP contribution in [0.15, 0.2) is 56.6 Å². The Morgan fingerprint density at radius 3 is 2.59 bits per heavy atom. The number of nitrogens with zero attached hydrogens (tertiary/aromatic N) is 3. The van der Waals surface area contributed by atoms with Crippen molar-refractivity contribution in [3.63, 3.8) is 0 Å². The summed E-state index contributed by atoms with van der Waals surface area (Å²) in [6.45, 7) is 0.485. The molecule has 12 heteroatoms. The summed E-state index contributed by atoms with van der Waals surface area (Å²) >= 11 is 0. The number of nitro benzene ring substituents is 1. The van der Waals surface area contributed by atoms with Gasteiger partial charge >= 0.3 is 5.76 Å². The van der Waals surface area contributed by atoms with Gasteiger partial charge in [0.15, 0.2) is 5.58 Å². The Morgan fingerprint density at radius 1 is 1.12 bits per heavy atom. The predicted octanol–water partition coefficient (Wildman–Crippen LogP) is 2.32. The molecule has 1 fully saturated rings. The number of oxazole rings is 1. The van der Waals surface area contributed by atoms with Crippen molar-refractivity contribution in [1.29, 1.82) is 0 Å². The molecular formula is C20H20N4O7S. The maximum atomic E-state index is 12.9. The van der Waals surface area contributed by atoms with Crippen LogP contribution in [-0.2, 0) is 21.4 Å². The van der Waals surface area contributed by atoms with Gasteiger partial charge in [0.2, 0.25) is 15.9 Å². The normalized spacial score (nSPS) is 15.0. The van der Waals surface area contributed by atoms with Crippen molar-refractivity contribution in [1.82, 2.24) is 8.87 Å². The third-order valence-corrected chi connectivity index (χ3v) is 7.13. The first-order chi connectivity index (χ1) is 15.3. The molecular weight excluding hydrogens is 440 g/mol. The fourth-order valence-corrected chi connectivity index (χ4v) is 5.19. The molecule has 0 radical (unpaired) electrons. The summed E-state index contributed by atoms with van der Waals surface area (Å²) in [6.07, 6.45) is 2.58. The molecule has 168 valence electrons. The topological polar surface area (TPSA) is 145 Å². The Kier molecular flexibility index (Phi) is 5.80. The molecule has 32 heavy (non-hydrogen) atoms. The summed E-state index contributed by atoms with van der Waals surface area (Å²) in [5.41, 5.74) is 0.342. The molecule has 0 spiro atoms. The quantitative estimate of drug-likeness (QED) is 0.439. The lowest BCUT2D eigenvalue weighted by Gasteiger charge is -2.25. The molecule has 1 aromatic heterocycles. The van der Waals surface area contributed by atoms with Crippen LogP contribution in [-0.4, -0.2) is 41.2 Å². The highest BCUT2D eigenvalue weighted by Crippen LogP contribution is 2.24. The molecule has 0 unspecified atom stereocenters. The summed E-state index contributed by atoms with van der Waals surface area (Å²) in [5, 5.41) is 13.4. The number of fused-ring (bicyclic) bond motifs is 1. The van der Waals surface area contributed by atoms with E-state index < -0.39 is 33.2 Å². The number of rotatable bonds is 6. The maximum Gasteiger partial charge on any atom is 0.420 e. The molecule has 1 amide bonds. The number of aromatic nitrogens is 1. The lowest BCUT2D eigenvalue weighted by molar-refractivity contribution is -0.384. The summed E-state index contributed by atoms with van der Waals surface area (Å²) in [6, 6.07) is 9.50. The van der Waals surface area contributed by atoms with Gasteiger partial charge in [0.25, 0.3) is 5.69 Å². The summed E-state index contributed by atoms with van der Waals surface area (Å²) in [5.74, 6) is -1.41. The highest BCUT2D eigenvalue weighted by atomic mass is 32.2. The Hall–Kier alpha value is -3.51. The Balaban J connectivity index is 1.57. The van der Waals surface area contributed by atoms with Crippen molar-refractivity contribution in [2.75, 3.05) is 18.4 Å². The van der Waals surface area contributed by atoms with E-state index in [0.717, 1.165) is 23.8 Å². The van der Waals surface area contributed by atoms with E-state index in [2.05, 4.69) is 5.32 Å². The minimum atomic E-state index is -3.70. The molecule has 0 bridgehead atoms. The monoisotopic (exact) mass is 460 g/mol. The average molecular weight is 460 g/mol. The van der Waals surface area contributed by atoms with E-state index in [1.54, 1.807) is 0 Å². The van der Waals surface area contributed by atoms with Crippen LogP contribution >= 0.6 is 0 Å². The fourth-order valence-electron chi connectivity index (χ4n) is 3.65. The van der Waals surface area contributed by atoms with Gasteiger partial charge in [-0.3, -0.25) is 19.5 Å². The number of hydrogen-bond donors (Lipinski definition) is 1. The second-order valence-electron chi connectivity index (χ2n) is 7.40. The van der Waals surface area contributed by atoms with Crippen LogP contribution in [0.4, 0.5) is 11.4 Å². The lowest BCUT2D eigenvalue weighted by atomic mass is 10.2. The van der Waals surface area contributed by atoms with Gasteiger partial charge in [-0.1, -0.05) is 12.5 Å². The van der Waals surface area contributed by atoms with Crippen LogP contribution in [0.1, 0.15) is 19.3 Å². The van der Waals surface area contributed by atoms with E-state index in [1.807, 2.05) is 0 Å². The molecule has 1 aliphatic rings. The molecule has 0 aliphatic carbocycles. The zero-order chi connectivity index (χ0) is 22.9. The number of amides is 1. The average Bonchev–Trinajstić information content (AvgIpc) is 3.08. The number of hydrogen-bond acceptors (Lipinski definition) is 7. The number of piperidine rings is 1. The Labute approximate surface area is 182 Å². The van der Waals surface area contributed by atoms with Gasteiger partial charge in [-0.2, -0.15) is 4.31 Å². The van der Waals surface area contributed by atoms with Gasteiger partial charge < -0.3 is 9.73 Å². The zero-order valence-corrected chi connectivity index (χ0v) is 17.7. The summed E-state index contributed by atoms with van der Waals surface area (Å²) in [4.78, 5) is 35.0. The van der Waals surface area contributed by atoms with E-state index >= 15 is 0 Å². The Bertz CT molecular complexity index is 1350. The highest BCUT2D eigenvalue weighted by molar-refractivity contribution is 7.89. The zero-order valence-electron chi connectivity index (χ0n) is 16.9. The molecule has 3 aromatic rings. The number of non-ortho nitro benzene ring substituents is 1. The van der Waals surface area contributed by atoms with E-state index in [1.165, 1.54) is 46.8 Å². The van der Waals surface area contributed by atoms with Crippen molar-refractivity contribution in [3.8, 4) is 0 Å². The molecule has 4 rings (SSSR count). The number of anilines is 1. The van der Waals surface area contributed by atoms with Crippen LogP contribution in [0.2, 0.25) is 0 Å². The SMILES string of the molecule is O=C(Cn1c(=O)oc2cc(S(=O)(=O)N3CCCCC3)ccc21)Nc1cccc([N+](=O)[O-])c1. The van der Waals surface area contributed by atoms with Gasteiger partial charge in [0.1, 0.15) is 6.54 Å². The number of sulfonamides is 1. The highest BCUT2D eigenvalue weighted by Gasteiger charge is 2.27. The molecule has 2 aromatic carbocycles. The third-order valence-electron chi connectivity index (χ3n) is 5.23. The van der Waals surface area contributed by atoms with Crippen molar-refractivity contribution < 1.29 is 22.6 Å². The Morgan fingerprint density at radius 2 is 1.88 bits per heavy atom. The molecule has 0 atom stereocenters. The minimum absolute atomic E-state index is 0.0221. The van der Waals surface area contributed by atoms with Gasteiger partial charge in [-0.15, -0.1) is 0 Å². The number of carbonyl (C=O) groups is 1. The van der Waals surface area contributed by atoms with Gasteiger partial charge in [-0.25, -0.2) is 13.2 Å². The third kappa shape index (κ3) is 4.27. The van der Waals surface area contributed by atoms with Crippen LogP contribution in [0.25, 0.3) is 11.1 Å². The number of carbonyl (C=O) groups excluding carboxylic acids is 1. The lowest BCUT2D eigenvalue weighted by Crippen LogP contribution is -2.35. The van der Waals surface area contributed by atoms with Gasteiger partial charge in [0.05, 0.1) is 15.3 Å². The molecule has 1 saturated heterocycles.